The molecular weight excluding hydrogens is 372 g/mol. The molecule has 1 atom stereocenters. The number of rotatable bonds is 3. The van der Waals surface area contributed by atoms with Gasteiger partial charge in [-0.2, -0.15) is 4.31 Å². The van der Waals surface area contributed by atoms with Gasteiger partial charge < -0.3 is 9.32 Å². The molecule has 2 aliphatic heterocycles. The van der Waals surface area contributed by atoms with Crippen LogP contribution < -0.4 is 0 Å². The van der Waals surface area contributed by atoms with E-state index in [1.165, 1.54) is 4.31 Å². The monoisotopic (exact) mass is 388 g/mol. The van der Waals surface area contributed by atoms with Crippen LogP contribution in [0.5, 0.6) is 0 Å². The Labute approximate surface area is 149 Å². The van der Waals surface area contributed by atoms with Crippen LogP contribution in [0, 0.1) is 12.3 Å². The van der Waals surface area contributed by atoms with E-state index in [0.717, 1.165) is 24.4 Å². The van der Waals surface area contributed by atoms with Gasteiger partial charge >= 0.3 is 0 Å². The second kappa shape index (κ2) is 5.50. The third-order valence-corrected chi connectivity index (χ3v) is 8.27. The van der Waals surface area contributed by atoms with E-state index < -0.39 is 10.0 Å². The minimum absolute atomic E-state index is 0.0575. The number of hydrogen-bond donors (Lipinski definition) is 0. The third-order valence-electron chi connectivity index (χ3n) is 4.78. The number of thiophene rings is 1. The highest BCUT2D eigenvalue weighted by atomic mass is 35.5. The molecule has 2 aromatic rings. The molecule has 0 aliphatic carbocycles. The number of halogens is 1. The summed E-state index contributed by atoms with van der Waals surface area (Å²) in [5.74, 6) is 1.20. The zero-order valence-corrected chi connectivity index (χ0v) is 15.7. The van der Waals surface area contributed by atoms with Gasteiger partial charge in [0.1, 0.15) is 4.21 Å². The summed E-state index contributed by atoms with van der Waals surface area (Å²) in [6, 6.07) is 3.18. The Morgan fingerprint density at radius 1 is 1.33 bits per heavy atom. The molecule has 0 bridgehead atoms. The molecule has 0 aromatic carbocycles. The molecule has 2 saturated heterocycles. The Balaban J connectivity index is 1.58. The van der Waals surface area contributed by atoms with Crippen molar-refractivity contribution in [1.29, 1.82) is 0 Å². The van der Waals surface area contributed by atoms with Crippen LogP contribution in [0.4, 0.5) is 0 Å². The molecule has 2 aliphatic rings. The Kier molecular flexibility index (Phi) is 3.77. The lowest BCUT2D eigenvalue weighted by molar-refractivity contribution is 0.0583. The van der Waals surface area contributed by atoms with Gasteiger partial charge in [0, 0.05) is 38.5 Å². The molecule has 4 heterocycles. The predicted octanol–water partition coefficient (Wildman–Crippen LogP) is 1.81. The van der Waals surface area contributed by atoms with E-state index in [2.05, 4.69) is 15.1 Å². The van der Waals surface area contributed by atoms with Crippen molar-refractivity contribution < 1.29 is 12.8 Å². The van der Waals surface area contributed by atoms with Crippen molar-refractivity contribution in [1.82, 2.24) is 19.4 Å². The van der Waals surface area contributed by atoms with E-state index in [4.69, 9.17) is 16.0 Å². The average molecular weight is 389 g/mol. The summed E-state index contributed by atoms with van der Waals surface area (Å²) >= 11 is 6.97. The second-order valence-electron chi connectivity index (χ2n) is 6.60. The molecule has 2 fully saturated rings. The quantitative estimate of drug-likeness (QED) is 0.797. The maximum Gasteiger partial charge on any atom is 0.252 e. The van der Waals surface area contributed by atoms with E-state index >= 15 is 0 Å². The Morgan fingerprint density at radius 3 is 2.67 bits per heavy atom. The van der Waals surface area contributed by atoms with E-state index in [-0.39, 0.29) is 11.3 Å². The number of likely N-dealkylation sites (N-methyl/N-ethyl adjacent to an activating group) is 1. The fourth-order valence-corrected chi connectivity index (χ4v) is 6.99. The number of aryl methyl sites for hydroxylation is 1. The second-order valence-corrected chi connectivity index (χ2v) is 10.5. The van der Waals surface area contributed by atoms with Crippen LogP contribution >= 0.6 is 22.9 Å². The molecule has 0 N–H and O–H groups in total. The summed E-state index contributed by atoms with van der Waals surface area (Å²) in [6.45, 7) is 4.29. The molecule has 130 valence electrons. The van der Waals surface area contributed by atoms with Gasteiger partial charge in [-0.3, -0.25) is 0 Å². The zero-order chi connectivity index (χ0) is 17.1. The molecule has 24 heavy (non-hydrogen) atoms. The van der Waals surface area contributed by atoms with Crippen molar-refractivity contribution in [2.24, 2.45) is 5.41 Å². The number of aromatic nitrogens is 2. The standard InChI is InChI=1S/C14H17ClN4O3S2/c1-9-16-17-13(22-9)10-5-18(2)6-14(10)7-19(8-14)24(20,21)12-4-3-11(15)23-12/h3-4,10H,5-8H2,1-2H3. The van der Waals surface area contributed by atoms with Crippen molar-refractivity contribution in [2.45, 2.75) is 17.1 Å². The summed E-state index contributed by atoms with van der Waals surface area (Å²) in [7, 11) is -1.45. The molecule has 7 nitrogen and oxygen atoms in total. The van der Waals surface area contributed by atoms with Gasteiger partial charge in [0.2, 0.25) is 11.8 Å². The van der Waals surface area contributed by atoms with Gasteiger partial charge in [0.15, 0.2) is 0 Å². The van der Waals surface area contributed by atoms with Crippen LogP contribution in [-0.2, 0) is 10.0 Å². The van der Waals surface area contributed by atoms with Gasteiger partial charge in [-0.05, 0) is 19.2 Å². The summed E-state index contributed by atoms with van der Waals surface area (Å²) in [5.41, 5.74) is -0.165. The summed E-state index contributed by atoms with van der Waals surface area (Å²) < 4.78 is 33.3. The molecule has 0 radical (unpaired) electrons. The van der Waals surface area contributed by atoms with Gasteiger partial charge in [0.05, 0.1) is 10.3 Å². The van der Waals surface area contributed by atoms with Crippen LogP contribution in [-0.4, -0.2) is 61.0 Å². The minimum atomic E-state index is -3.48. The molecular formula is C14H17ClN4O3S2. The molecule has 4 rings (SSSR count). The number of nitrogens with zero attached hydrogens (tertiary/aromatic N) is 4. The Bertz CT molecular complexity index is 872. The first kappa shape index (κ1) is 16.5. The lowest BCUT2D eigenvalue weighted by Gasteiger charge is -2.48. The van der Waals surface area contributed by atoms with Crippen molar-refractivity contribution in [2.75, 3.05) is 33.2 Å². The molecule has 10 heteroatoms. The van der Waals surface area contributed by atoms with Crippen molar-refractivity contribution in [3.05, 3.63) is 28.3 Å². The van der Waals surface area contributed by atoms with Gasteiger partial charge in [-0.25, -0.2) is 8.42 Å². The number of sulfonamides is 1. The number of likely N-dealkylation sites (tertiary alicyclic amines) is 1. The van der Waals surface area contributed by atoms with Crippen molar-refractivity contribution in [3.8, 4) is 0 Å². The fourth-order valence-electron chi connectivity index (χ4n) is 3.72. The molecule has 1 unspecified atom stereocenters. The molecule has 2 aromatic heterocycles. The van der Waals surface area contributed by atoms with Crippen LogP contribution in [0.25, 0.3) is 0 Å². The Hall–Kier alpha value is -1.00. The topological polar surface area (TPSA) is 79.5 Å². The molecule has 1 spiro atoms. The van der Waals surface area contributed by atoms with Crippen LogP contribution in [0.2, 0.25) is 4.34 Å². The Morgan fingerprint density at radius 2 is 2.08 bits per heavy atom. The average Bonchev–Trinajstić information content (AvgIpc) is 3.15. The SMILES string of the molecule is Cc1nnc(C2CN(C)CC23CN(S(=O)(=O)c2ccc(Cl)s2)C3)o1. The molecule has 0 amide bonds. The predicted molar refractivity (Wildman–Crippen MR) is 89.8 cm³/mol. The first-order valence-corrected chi connectivity index (χ1v) is 10.2. The summed E-state index contributed by atoms with van der Waals surface area (Å²) in [4.78, 5) is 2.19. The maximum absolute atomic E-state index is 12.7. The van der Waals surface area contributed by atoms with Crippen LogP contribution in [0.1, 0.15) is 17.7 Å². The third kappa shape index (κ3) is 2.50. The maximum atomic E-state index is 12.7. The van der Waals surface area contributed by atoms with Gasteiger partial charge in [0.25, 0.3) is 10.0 Å². The lowest BCUT2D eigenvalue weighted by atomic mass is 9.73. The van der Waals surface area contributed by atoms with Crippen LogP contribution in [0.3, 0.4) is 0 Å². The fraction of sp³-hybridized carbons (Fsp3) is 0.571. The first-order valence-electron chi connectivity index (χ1n) is 7.54. The van der Waals surface area contributed by atoms with Crippen molar-refractivity contribution in [3.63, 3.8) is 0 Å². The van der Waals surface area contributed by atoms with E-state index in [0.29, 0.717) is 33.4 Å². The lowest BCUT2D eigenvalue weighted by Crippen LogP contribution is -2.61. The van der Waals surface area contributed by atoms with Crippen LogP contribution in [0.15, 0.2) is 20.8 Å². The highest BCUT2D eigenvalue weighted by molar-refractivity contribution is 7.91. The molecule has 0 saturated carbocycles. The van der Waals surface area contributed by atoms with E-state index in [1.54, 1.807) is 19.1 Å². The summed E-state index contributed by atoms with van der Waals surface area (Å²) in [6.07, 6.45) is 0. The van der Waals surface area contributed by atoms with Gasteiger partial charge in [-0.15, -0.1) is 21.5 Å². The van der Waals surface area contributed by atoms with Gasteiger partial charge in [-0.1, -0.05) is 11.6 Å². The van der Waals surface area contributed by atoms with E-state index in [9.17, 15) is 8.42 Å². The van der Waals surface area contributed by atoms with Crippen molar-refractivity contribution >= 4 is 33.0 Å². The van der Waals surface area contributed by atoms with E-state index in [1.807, 2.05) is 7.05 Å². The largest absolute Gasteiger partial charge is 0.425 e. The highest BCUT2D eigenvalue weighted by Gasteiger charge is 2.58. The zero-order valence-electron chi connectivity index (χ0n) is 13.3. The first-order chi connectivity index (χ1) is 11.3. The highest BCUT2D eigenvalue weighted by Crippen LogP contribution is 2.50. The number of hydrogen-bond acceptors (Lipinski definition) is 7. The smallest absolute Gasteiger partial charge is 0.252 e. The summed E-state index contributed by atoms with van der Waals surface area (Å²) in [5, 5.41) is 8.08. The normalized spacial score (nSPS) is 24.5. The minimum Gasteiger partial charge on any atom is -0.425 e.